The highest BCUT2D eigenvalue weighted by Gasteiger charge is 2.26. The third-order valence-corrected chi connectivity index (χ3v) is 3.70. The van der Waals surface area contributed by atoms with Crippen molar-refractivity contribution in [1.82, 2.24) is 5.43 Å². The number of halogens is 1. The summed E-state index contributed by atoms with van der Waals surface area (Å²) in [6, 6.07) is 26.9. The first-order valence-corrected chi connectivity index (χ1v) is 7.66. The highest BCUT2D eigenvalue weighted by molar-refractivity contribution is 6.02. The topological polar surface area (TPSA) is 51.1 Å². The number of phenols is 1. The lowest BCUT2D eigenvalue weighted by molar-refractivity contribution is 0.475. The van der Waals surface area contributed by atoms with Crippen LogP contribution in [0.4, 0.5) is 11.4 Å². The lowest BCUT2D eigenvalue weighted by Gasteiger charge is -2.27. The van der Waals surface area contributed by atoms with Crippen molar-refractivity contribution in [2.24, 2.45) is 5.10 Å². The minimum absolute atomic E-state index is 0. The zero-order valence-corrected chi connectivity index (χ0v) is 14.1. The Bertz CT molecular complexity index is 871. The predicted octanol–water partition coefficient (Wildman–Crippen LogP) is 3.92. The van der Waals surface area contributed by atoms with Crippen LogP contribution in [-0.2, 0) is 0 Å². The molecule has 3 aromatic rings. The van der Waals surface area contributed by atoms with E-state index < -0.39 is 0 Å². The number of benzene rings is 3. The minimum atomic E-state index is 0. The Hall–Kier alpha value is -3.18. The van der Waals surface area contributed by atoms with Gasteiger partial charge >= 0.3 is 0 Å². The zero-order chi connectivity index (χ0) is 16.4. The second-order valence-corrected chi connectivity index (χ2v) is 5.38. The molecule has 0 radical (unpaired) electrons. The summed E-state index contributed by atoms with van der Waals surface area (Å²) in [6.45, 7) is 0. The summed E-state index contributed by atoms with van der Waals surface area (Å²) in [5.41, 5.74) is 6.00. The number of nitrogens with one attached hydrogen (secondary N) is 1. The van der Waals surface area contributed by atoms with Gasteiger partial charge in [-0.2, -0.15) is 10.2 Å². The van der Waals surface area contributed by atoms with Crippen molar-refractivity contribution in [3.05, 3.63) is 90.5 Å². The number of aromatic hydroxyl groups is 1. The number of nitrogens with zero attached hydrogens (tertiary/aromatic N) is 3. The third-order valence-electron chi connectivity index (χ3n) is 3.70. The van der Waals surface area contributed by atoms with Crippen LogP contribution in [0.1, 0.15) is 5.56 Å². The van der Waals surface area contributed by atoms with E-state index >= 15 is 0 Å². The molecule has 25 heavy (non-hydrogen) atoms. The molecule has 0 spiro atoms. The molecule has 0 aromatic heterocycles. The maximum absolute atomic E-state index is 9.73. The van der Waals surface area contributed by atoms with Gasteiger partial charge in [0.25, 0.3) is 0 Å². The van der Waals surface area contributed by atoms with E-state index in [4.69, 9.17) is 0 Å². The Morgan fingerprint density at radius 2 is 1.40 bits per heavy atom. The summed E-state index contributed by atoms with van der Waals surface area (Å²) in [6.07, 6.45) is 0. The molecule has 4 rings (SSSR count). The third kappa shape index (κ3) is 3.36. The van der Waals surface area contributed by atoms with E-state index in [9.17, 15) is 5.11 Å². The van der Waals surface area contributed by atoms with Gasteiger partial charge in [-0.05, 0) is 36.4 Å². The van der Waals surface area contributed by atoms with Crippen molar-refractivity contribution in [3.63, 3.8) is 0 Å². The number of para-hydroxylation sites is 2. The molecule has 3 aromatic carbocycles. The van der Waals surface area contributed by atoms with Gasteiger partial charge in [0.15, 0.2) is 5.84 Å². The lowest BCUT2D eigenvalue weighted by atomic mass is 10.2. The number of phenolic OH excluding ortho intramolecular Hbond substituents is 1. The summed E-state index contributed by atoms with van der Waals surface area (Å²) in [5.74, 6) is 0.875. The Morgan fingerprint density at radius 3 is 2.04 bits per heavy atom. The van der Waals surface area contributed by atoms with Gasteiger partial charge in [0.2, 0.25) is 0 Å². The Labute approximate surface area is 152 Å². The smallest absolute Gasteiger partial charge is 0.176 e. The molecule has 0 saturated heterocycles. The van der Waals surface area contributed by atoms with Gasteiger partial charge in [0.1, 0.15) is 5.75 Å². The molecule has 0 amide bonds. The fourth-order valence-corrected chi connectivity index (χ4v) is 2.56. The van der Waals surface area contributed by atoms with Crippen LogP contribution in [0.25, 0.3) is 0 Å². The Balaban J connectivity index is 0.00000182. The van der Waals surface area contributed by atoms with E-state index in [2.05, 4.69) is 10.5 Å². The van der Waals surface area contributed by atoms with E-state index in [1.807, 2.05) is 71.8 Å². The summed E-state index contributed by atoms with van der Waals surface area (Å²) in [4.78, 5) is 0. The van der Waals surface area contributed by atoms with E-state index in [0.717, 1.165) is 16.9 Å². The van der Waals surface area contributed by atoms with Crippen LogP contribution in [0.2, 0.25) is 0 Å². The Kier molecular flexibility index (Phi) is 4.77. The number of anilines is 2. The van der Waals surface area contributed by atoms with Crippen molar-refractivity contribution in [3.8, 4) is 5.75 Å². The van der Waals surface area contributed by atoms with Gasteiger partial charge < -0.3 is 5.11 Å². The molecule has 6 heteroatoms. The molecular weight excluding hydrogens is 336 g/mol. The maximum atomic E-state index is 9.73. The largest absolute Gasteiger partial charge is 0.508 e. The molecule has 5 nitrogen and oxygen atoms in total. The predicted molar refractivity (Wildman–Crippen MR) is 103 cm³/mol. The molecule has 1 aliphatic heterocycles. The number of hydrazone groups is 1. The van der Waals surface area contributed by atoms with Crippen molar-refractivity contribution in [1.29, 1.82) is 0 Å². The molecular formula is C19H17ClN4O. The van der Waals surface area contributed by atoms with Gasteiger partial charge in [-0.1, -0.05) is 48.5 Å². The van der Waals surface area contributed by atoms with Crippen molar-refractivity contribution in [2.75, 3.05) is 10.2 Å². The number of hydrazine groups is 2. The number of rotatable bonds is 3. The van der Waals surface area contributed by atoms with Crippen LogP contribution < -0.4 is 15.7 Å². The molecule has 1 aliphatic rings. The van der Waals surface area contributed by atoms with Crippen molar-refractivity contribution >= 4 is 29.6 Å². The second-order valence-electron chi connectivity index (χ2n) is 5.38. The normalized spacial score (nSPS) is 13.0. The van der Waals surface area contributed by atoms with E-state index in [1.54, 1.807) is 23.3 Å². The molecule has 0 fully saturated rings. The quantitative estimate of drug-likeness (QED) is 0.750. The van der Waals surface area contributed by atoms with Crippen LogP contribution in [0, 0.1) is 0 Å². The highest BCUT2D eigenvalue weighted by Crippen LogP contribution is 2.25. The van der Waals surface area contributed by atoms with Gasteiger partial charge in [-0.15, -0.1) is 17.5 Å². The Morgan fingerprint density at radius 1 is 0.760 bits per heavy atom. The first-order chi connectivity index (χ1) is 11.8. The fraction of sp³-hybridized carbons (Fsp3) is 0. The average molecular weight is 353 g/mol. The van der Waals surface area contributed by atoms with Crippen LogP contribution in [0.5, 0.6) is 5.75 Å². The van der Waals surface area contributed by atoms with Crippen LogP contribution in [0.15, 0.2) is 90.0 Å². The van der Waals surface area contributed by atoms with Crippen LogP contribution in [-0.4, -0.2) is 10.9 Å². The molecule has 1 heterocycles. The summed E-state index contributed by atoms with van der Waals surface area (Å²) in [5, 5.41) is 18.1. The molecule has 126 valence electrons. The van der Waals surface area contributed by atoms with E-state index in [-0.39, 0.29) is 18.2 Å². The number of hydrogen-bond acceptors (Lipinski definition) is 5. The SMILES string of the molecule is Cl.Oc1cccc(C2=NN(c3ccccc3)N(c3ccccc3)N2)c1. The molecule has 0 atom stereocenters. The summed E-state index contributed by atoms with van der Waals surface area (Å²) >= 11 is 0. The van der Waals surface area contributed by atoms with Crippen molar-refractivity contribution in [2.45, 2.75) is 0 Å². The minimum Gasteiger partial charge on any atom is -0.508 e. The monoisotopic (exact) mass is 352 g/mol. The number of amidine groups is 1. The standard InChI is InChI=1S/C19H16N4O.ClH/c24-18-13-7-8-15(14-18)19-20-22(16-9-3-1-4-10-16)23(21-19)17-11-5-2-6-12-17;/h1-14,24H,(H,20,21);1H. The van der Waals surface area contributed by atoms with Gasteiger partial charge in [0.05, 0.1) is 11.4 Å². The van der Waals surface area contributed by atoms with Gasteiger partial charge in [-0.25, -0.2) is 0 Å². The summed E-state index contributed by atoms with van der Waals surface area (Å²) < 4.78 is 0. The molecule has 0 unspecified atom stereocenters. The van der Waals surface area contributed by atoms with Crippen molar-refractivity contribution < 1.29 is 5.11 Å². The summed E-state index contributed by atoms with van der Waals surface area (Å²) in [7, 11) is 0. The van der Waals surface area contributed by atoms with E-state index in [0.29, 0.717) is 5.84 Å². The maximum Gasteiger partial charge on any atom is 0.176 e. The van der Waals surface area contributed by atoms with Crippen LogP contribution >= 0.6 is 12.4 Å². The van der Waals surface area contributed by atoms with E-state index in [1.165, 1.54) is 0 Å². The molecule has 2 N–H and O–H groups in total. The first-order valence-electron chi connectivity index (χ1n) is 7.66. The second kappa shape index (κ2) is 7.15. The van der Waals surface area contributed by atoms with Gasteiger partial charge in [0, 0.05) is 5.56 Å². The average Bonchev–Trinajstić information content (AvgIpc) is 3.09. The molecule has 0 saturated carbocycles. The molecule has 0 aliphatic carbocycles. The van der Waals surface area contributed by atoms with Crippen LogP contribution in [0.3, 0.4) is 0 Å². The highest BCUT2D eigenvalue weighted by atomic mass is 35.5. The fourth-order valence-electron chi connectivity index (χ4n) is 2.56. The zero-order valence-electron chi connectivity index (χ0n) is 13.3. The van der Waals surface area contributed by atoms with Gasteiger partial charge in [-0.3, -0.25) is 5.43 Å². The molecule has 0 bridgehead atoms. The number of hydrogen-bond donors (Lipinski definition) is 2. The first kappa shape index (κ1) is 16.7. The lowest BCUT2D eigenvalue weighted by Crippen LogP contribution is -2.44.